The van der Waals surface area contributed by atoms with Gasteiger partial charge in [0.15, 0.2) is 0 Å². The number of benzene rings is 2. The van der Waals surface area contributed by atoms with Gasteiger partial charge in [-0.3, -0.25) is 24.2 Å². The zero-order valence-electron chi connectivity index (χ0n) is 19.5. The number of amides is 3. The first-order chi connectivity index (χ1) is 16.5. The molecule has 2 fully saturated rings. The van der Waals surface area contributed by atoms with Gasteiger partial charge >= 0.3 is 0 Å². The first-order valence-electron chi connectivity index (χ1n) is 11.9. The average Bonchev–Trinajstić information content (AvgIpc) is 3.17. The Labute approximate surface area is 199 Å². The van der Waals surface area contributed by atoms with E-state index in [4.69, 9.17) is 4.74 Å². The molecular formula is C26H30N4O4. The van der Waals surface area contributed by atoms with Crippen LogP contribution in [0.1, 0.15) is 35.7 Å². The summed E-state index contributed by atoms with van der Waals surface area (Å²) in [5.74, 6) is -0.535. The molecule has 34 heavy (non-hydrogen) atoms. The Morgan fingerprint density at radius 3 is 2.56 bits per heavy atom. The molecule has 3 aliphatic rings. The maximum Gasteiger partial charge on any atom is 0.258 e. The largest absolute Gasteiger partial charge is 0.379 e. The van der Waals surface area contributed by atoms with Crippen LogP contribution in [-0.2, 0) is 20.7 Å². The fourth-order valence-corrected chi connectivity index (χ4v) is 5.15. The highest BCUT2D eigenvalue weighted by Gasteiger charge is 2.53. The van der Waals surface area contributed by atoms with Gasteiger partial charge in [0.1, 0.15) is 12.2 Å². The monoisotopic (exact) mass is 462 g/mol. The molecule has 0 bridgehead atoms. The van der Waals surface area contributed by atoms with Crippen molar-refractivity contribution in [2.75, 3.05) is 49.6 Å². The second-order valence-electron chi connectivity index (χ2n) is 9.30. The summed E-state index contributed by atoms with van der Waals surface area (Å²) < 4.78 is 5.39. The first kappa shape index (κ1) is 22.6. The molecular weight excluding hydrogens is 432 g/mol. The molecule has 0 radical (unpaired) electrons. The summed E-state index contributed by atoms with van der Waals surface area (Å²) in [6, 6.07) is 15.0. The molecule has 0 saturated carbocycles. The summed E-state index contributed by atoms with van der Waals surface area (Å²) in [6.07, 6.45) is 1.79. The van der Waals surface area contributed by atoms with Crippen molar-refractivity contribution in [3.8, 4) is 0 Å². The van der Waals surface area contributed by atoms with Crippen LogP contribution >= 0.6 is 0 Å². The van der Waals surface area contributed by atoms with Crippen LogP contribution in [0.25, 0.3) is 0 Å². The summed E-state index contributed by atoms with van der Waals surface area (Å²) in [7, 11) is 0. The molecule has 8 nitrogen and oxygen atoms in total. The van der Waals surface area contributed by atoms with Crippen LogP contribution in [0.15, 0.2) is 48.5 Å². The van der Waals surface area contributed by atoms with E-state index < -0.39 is 5.66 Å². The van der Waals surface area contributed by atoms with E-state index in [1.54, 1.807) is 23.1 Å². The number of morpholine rings is 1. The predicted octanol–water partition coefficient (Wildman–Crippen LogP) is 2.50. The number of para-hydroxylation sites is 1. The second kappa shape index (κ2) is 9.19. The van der Waals surface area contributed by atoms with Crippen LogP contribution in [0.5, 0.6) is 0 Å². The van der Waals surface area contributed by atoms with E-state index in [-0.39, 0.29) is 24.3 Å². The van der Waals surface area contributed by atoms with Crippen molar-refractivity contribution in [2.24, 2.45) is 0 Å². The van der Waals surface area contributed by atoms with Crippen molar-refractivity contribution < 1.29 is 19.1 Å². The minimum absolute atomic E-state index is 0.0273. The maximum atomic E-state index is 13.3. The number of carbonyl (C=O) groups is 3. The second-order valence-corrected chi connectivity index (χ2v) is 9.30. The fraction of sp³-hybridized carbons (Fsp3) is 0.423. The molecule has 0 spiro atoms. The van der Waals surface area contributed by atoms with Gasteiger partial charge in [-0.05, 0) is 49.6 Å². The number of fused-ring (bicyclic) bond motifs is 3. The van der Waals surface area contributed by atoms with Crippen molar-refractivity contribution in [2.45, 2.75) is 31.8 Å². The van der Waals surface area contributed by atoms with E-state index >= 15 is 0 Å². The van der Waals surface area contributed by atoms with Gasteiger partial charge in [-0.15, -0.1) is 0 Å². The lowest BCUT2D eigenvalue weighted by Gasteiger charge is -2.48. The van der Waals surface area contributed by atoms with Gasteiger partial charge in [0.05, 0.1) is 24.5 Å². The van der Waals surface area contributed by atoms with Gasteiger partial charge < -0.3 is 15.0 Å². The van der Waals surface area contributed by atoms with Crippen molar-refractivity contribution in [1.29, 1.82) is 0 Å². The molecule has 2 saturated heterocycles. The number of hydrogen-bond acceptors (Lipinski definition) is 5. The lowest BCUT2D eigenvalue weighted by atomic mass is 9.98. The smallest absolute Gasteiger partial charge is 0.258 e. The molecule has 1 atom stereocenters. The molecule has 0 unspecified atom stereocenters. The Morgan fingerprint density at radius 1 is 1.06 bits per heavy atom. The summed E-state index contributed by atoms with van der Waals surface area (Å²) >= 11 is 0. The first-order valence-corrected chi connectivity index (χ1v) is 11.9. The molecule has 2 aromatic rings. The van der Waals surface area contributed by atoms with Crippen molar-refractivity contribution in [3.63, 3.8) is 0 Å². The maximum absolute atomic E-state index is 13.3. The Balaban J connectivity index is 1.24. The van der Waals surface area contributed by atoms with Crippen molar-refractivity contribution >= 4 is 29.1 Å². The van der Waals surface area contributed by atoms with Crippen LogP contribution < -0.4 is 10.2 Å². The molecule has 8 heteroatoms. The molecule has 2 aromatic carbocycles. The van der Waals surface area contributed by atoms with Gasteiger partial charge in [0.2, 0.25) is 11.8 Å². The number of rotatable bonds is 6. The lowest BCUT2D eigenvalue weighted by molar-refractivity contribution is -0.120. The van der Waals surface area contributed by atoms with Gasteiger partial charge in [0.25, 0.3) is 5.91 Å². The normalized spacial score (nSPS) is 22.5. The number of carbonyl (C=O) groups excluding carboxylic acids is 3. The number of nitrogens with one attached hydrogen (secondary N) is 1. The molecule has 3 heterocycles. The predicted molar refractivity (Wildman–Crippen MR) is 129 cm³/mol. The van der Waals surface area contributed by atoms with Gasteiger partial charge in [-0.25, -0.2) is 0 Å². The Bertz CT molecular complexity index is 1100. The SMILES string of the molecule is C[C@]12CCC(=O)N1c1ccccc1C(=O)N2CC(=O)Nc1ccc(CCN2CCOCC2)cc1. The Morgan fingerprint density at radius 2 is 1.79 bits per heavy atom. The van der Waals surface area contributed by atoms with E-state index in [0.29, 0.717) is 29.8 Å². The molecule has 5 rings (SSSR count). The lowest BCUT2D eigenvalue weighted by Crippen LogP contribution is -2.63. The fourth-order valence-electron chi connectivity index (χ4n) is 5.15. The Hall–Kier alpha value is -3.23. The van der Waals surface area contributed by atoms with Crippen molar-refractivity contribution in [1.82, 2.24) is 9.80 Å². The standard InChI is InChI=1S/C26H30N4O4/c1-26-12-10-24(32)30(26)22-5-3-2-4-21(22)25(33)29(26)18-23(31)27-20-8-6-19(7-9-20)11-13-28-14-16-34-17-15-28/h2-9H,10-18H2,1H3,(H,27,31)/t26-/m1/s1. The third kappa shape index (κ3) is 4.19. The number of anilines is 2. The Kier molecular flexibility index (Phi) is 6.10. The van der Waals surface area contributed by atoms with Gasteiger partial charge in [0, 0.05) is 31.7 Å². The summed E-state index contributed by atoms with van der Waals surface area (Å²) in [6.45, 7) is 6.25. The van der Waals surface area contributed by atoms with E-state index in [9.17, 15) is 14.4 Å². The van der Waals surface area contributed by atoms with Crippen LogP contribution in [-0.4, -0.2) is 72.6 Å². The van der Waals surface area contributed by atoms with E-state index in [1.165, 1.54) is 10.5 Å². The minimum Gasteiger partial charge on any atom is -0.379 e. The number of hydrogen-bond donors (Lipinski definition) is 1. The summed E-state index contributed by atoms with van der Waals surface area (Å²) in [4.78, 5) is 44.5. The molecule has 0 aromatic heterocycles. The highest BCUT2D eigenvalue weighted by molar-refractivity contribution is 6.11. The quantitative estimate of drug-likeness (QED) is 0.713. The molecule has 3 amide bonds. The van der Waals surface area contributed by atoms with Crippen LogP contribution in [0, 0.1) is 0 Å². The van der Waals surface area contributed by atoms with Crippen LogP contribution in [0.2, 0.25) is 0 Å². The highest BCUT2D eigenvalue weighted by Crippen LogP contribution is 2.43. The van der Waals surface area contributed by atoms with Crippen LogP contribution in [0.4, 0.5) is 11.4 Å². The third-order valence-corrected chi connectivity index (χ3v) is 7.11. The topological polar surface area (TPSA) is 82.2 Å². The zero-order valence-corrected chi connectivity index (χ0v) is 19.5. The third-order valence-electron chi connectivity index (χ3n) is 7.11. The van der Waals surface area contributed by atoms with Gasteiger partial charge in [-0.1, -0.05) is 24.3 Å². The molecule has 3 aliphatic heterocycles. The number of nitrogens with zero attached hydrogens (tertiary/aromatic N) is 3. The van der Waals surface area contributed by atoms with Crippen LogP contribution in [0.3, 0.4) is 0 Å². The minimum atomic E-state index is -0.844. The summed E-state index contributed by atoms with van der Waals surface area (Å²) in [5, 5.41) is 2.91. The van der Waals surface area contributed by atoms with E-state index in [1.807, 2.05) is 37.3 Å². The van der Waals surface area contributed by atoms with E-state index in [2.05, 4.69) is 10.2 Å². The number of ether oxygens (including phenoxy) is 1. The molecule has 1 N–H and O–H groups in total. The molecule has 178 valence electrons. The van der Waals surface area contributed by atoms with E-state index in [0.717, 1.165) is 39.3 Å². The highest BCUT2D eigenvalue weighted by atomic mass is 16.5. The van der Waals surface area contributed by atoms with Crippen molar-refractivity contribution in [3.05, 3.63) is 59.7 Å². The average molecular weight is 463 g/mol. The zero-order chi connectivity index (χ0) is 23.7. The molecule has 0 aliphatic carbocycles. The van der Waals surface area contributed by atoms with Gasteiger partial charge in [-0.2, -0.15) is 0 Å². The summed E-state index contributed by atoms with van der Waals surface area (Å²) in [5.41, 5.74) is 2.13.